The van der Waals surface area contributed by atoms with Crippen LogP contribution < -0.4 is 0 Å². The van der Waals surface area contributed by atoms with Gasteiger partial charge in [0.25, 0.3) is 0 Å². The van der Waals surface area contributed by atoms with Gasteiger partial charge in [0.1, 0.15) is 0 Å². The minimum absolute atomic E-state index is 0.0387. The standard InChI is InChI=1S/C10H16O4/c1-3-12-10(11)5-4-9-6-7-13-8(2)14-9/h4-5,8-9H,3,6-7H2,1-2H3/b5-4+. The van der Waals surface area contributed by atoms with E-state index in [4.69, 9.17) is 14.2 Å². The zero-order chi connectivity index (χ0) is 10.4. The van der Waals surface area contributed by atoms with Crippen molar-refractivity contribution < 1.29 is 19.0 Å². The highest BCUT2D eigenvalue weighted by molar-refractivity contribution is 5.81. The van der Waals surface area contributed by atoms with Gasteiger partial charge >= 0.3 is 5.97 Å². The second kappa shape index (κ2) is 5.78. The largest absolute Gasteiger partial charge is 0.463 e. The number of carbonyl (C=O) groups is 1. The maximum absolute atomic E-state index is 11.0. The molecule has 0 bridgehead atoms. The summed E-state index contributed by atoms with van der Waals surface area (Å²) in [7, 11) is 0. The minimum Gasteiger partial charge on any atom is -0.463 e. The summed E-state index contributed by atoms with van der Waals surface area (Å²) >= 11 is 0. The molecule has 4 nitrogen and oxygen atoms in total. The first-order chi connectivity index (χ1) is 6.72. The van der Waals surface area contributed by atoms with Gasteiger partial charge in [0, 0.05) is 12.5 Å². The molecule has 1 aliphatic rings. The van der Waals surface area contributed by atoms with Crippen molar-refractivity contribution in [3.05, 3.63) is 12.2 Å². The third-order valence-electron chi connectivity index (χ3n) is 1.85. The molecule has 0 aliphatic carbocycles. The summed E-state index contributed by atoms with van der Waals surface area (Å²) in [5.74, 6) is -0.324. The lowest BCUT2D eigenvalue weighted by atomic mass is 10.2. The van der Waals surface area contributed by atoms with Crippen molar-refractivity contribution in [1.82, 2.24) is 0 Å². The van der Waals surface area contributed by atoms with Gasteiger partial charge < -0.3 is 14.2 Å². The van der Waals surface area contributed by atoms with Crippen LogP contribution >= 0.6 is 0 Å². The Morgan fingerprint density at radius 1 is 1.64 bits per heavy atom. The molecule has 0 N–H and O–H groups in total. The van der Waals surface area contributed by atoms with Gasteiger partial charge in [0.05, 0.1) is 19.3 Å². The van der Waals surface area contributed by atoms with Gasteiger partial charge in [-0.05, 0) is 19.9 Å². The average molecular weight is 200 g/mol. The van der Waals surface area contributed by atoms with Crippen LogP contribution in [0, 0.1) is 0 Å². The van der Waals surface area contributed by atoms with Crippen LogP contribution in [0.25, 0.3) is 0 Å². The van der Waals surface area contributed by atoms with E-state index in [9.17, 15) is 4.79 Å². The Bertz CT molecular complexity index is 212. The summed E-state index contributed by atoms with van der Waals surface area (Å²) in [6.45, 7) is 4.68. The molecule has 1 heterocycles. The van der Waals surface area contributed by atoms with Crippen molar-refractivity contribution in [3.8, 4) is 0 Å². The first kappa shape index (κ1) is 11.2. The number of hydrogen-bond acceptors (Lipinski definition) is 4. The summed E-state index contributed by atoms with van der Waals surface area (Å²) in [6.07, 6.45) is 3.67. The monoisotopic (exact) mass is 200 g/mol. The average Bonchev–Trinajstić information content (AvgIpc) is 2.15. The second-order valence-corrected chi connectivity index (χ2v) is 3.01. The SMILES string of the molecule is CCOC(=O)/C=C/C1CCOC(C)O1. The van der Waals surface area contributed by atoms with E-state index in [1.165, 1.54) is 6.08 Å². The minimum atomic E-state index is -0.324. The molecule has 80 valence electrons. The van der Waals surface area contributed by atoms with E-state index >= 15 is 0 Å². The molecular formula is C10H16O4. The molecule has 0 aromatic rings. The lowest BCUT2D eigenvalue weighted by molar-refractivity contribution is -0.189. The zero-order valence-corrected chi connectivity index (χ0v) is 8.56. The maximum atomic E-state index is 11.0. The van der Waals surface area contributed by atoms with Crippen LogP contribution in [0.4, 0.5) is 0 Å². The Morgan fingerprint density at radius 3 is 3.07 bits per heavy atom. The molecular weight excluding hydrogens is 184 g/mol. The predicted molar refractivity (Wildman–Crippen MR) is 50.7 cm³/mol. The van der Waals surface area contributed by atoms with E-state index in [0.29, 0.717) is 13.2 Å². The normalized spacial score (nSPS) is 27.9. The molecule has 2 unspecified atom stereocenters. The highest BCUT2D eigenvalue weighted by Gasteiger charge is 2.16. The van der Waals surface area contributed by atoms with Crippen LogP contribution in [0.1, 0.15) is 20.3 Å². The van der Waals surface area contributed by atoms with Crippen LogP contribution in [0.5, 0.6) is 0 Å². The van der Waals surface area contributed by atoms with E-state index < -0.39 is 0 Å². The van der Waals surface area contributed by atoms with Crippen molar-refractivity contribution >= 4 is 5.97 Å². The first-order valence-electron chi connectivity index (χ1n) is 4.84. The van der Waals surface area contributed by atoms with Gasteiger partial charge in [0.2, 0.25) is 0 Å². The topological polar surface area (TPSA) is 44.8 Å². The van der Waals surface area contributed by atoms with Crippen molar-refractivity contribution in [3.63, 3.8) is 0 Å². The molecule has 1 rings (SSSR count). The lowest BCUT2D eigenvalue weighted by Crippen LogP contribution is -2.28. The quantitative estimate of drug-likeness (QED) is 0.508. The van der Waals surface area contributed by atoms with Crippen molar-refractivity contribution in [2.45, 2.75) is 32.7 Å². The number of carbonyl (C=O) groups excluding carboxylic acids is 1. The summed E-state index contributed by atoms with van der Waals surface area (Å²) in [6, 6.07) is 0. The molecule has 14 heavy (non-hydrogen) atoms. The fraction of sp³-hybridized carbons (Fsp3) is 0.700. The molecule has 1 aliphatic heterocycles. The van der Waals surface area contributed by atoms with Gasteiger partial charge in [-0.15, -0.1) is 0 Å². The third kappa shape index (κ3) is 3.89. The van der Waals surface area contributed by atoms with E-state index in [1.54, 1.807) is 13.0 Å². The Kier molecular flexibility index (Phi) is 4.62. The third-order valence-corrected chi connectivity index (χ3v) is 1.85. The van der Waals surface area contributed by atoms with Crippen molar-refractivity contribution in [2.75, 3.05) is 13.2 Å². The number of ether oxygens (including phenoxy) is 3. The lowest BCUT2D eigenvalue weighted by Gasteiger charge is -2.25. The van der Waals surface area contributed by atoms with Crippen LogP contribution in [0.15, 0.2) is 12.2 Å². The van der Waals surface area contributed by atoms with Crippen molar-refractivity contribution in [1.29, 1.82) is 0 Å². The Hall–Kier alpha value is -0.870. The molecule has 0 aromatic heterocycles. The number of rotatable bonds is 3. The Labute approximate surface area is 83.8 Å². The first-order valence-corrected chi connectivity index (χ1v) is 4.84. The number of hydrogen-bond donors (Lipinski definition) is 0. The summed E-state index contributed by atoms with van der Waals surface area (Å²) in [5.41, 5.74) is 0. The summed E-state index contributed by atoms with van der Waals surface area (Å²) in [4.78, 5) is 11.0. The van der Waals surface area contributed by atoms with Gasteiger partial charge in [0.15, 0.2) is 6.29 Å². The molecule has 1 saturated heterocycles. The maximum Gasteiger partial charge on any atom is 0.330 e. The fourth-order valence-electron chi connectivity index (χ4n) is 1.22. The zero-order valence-electron chi connectivity index (χ0n) is 8.56. The Morgan fingerprint density at radius 2 is 2.43 bits per heavy atom. The summed E-state index contributed by atoms with van der Waals surface area (Å²) < 4.78 is 15.3. The fourth-order valence-corrected chi connectivity index (χ4v) is 1.22. The van der Waals surface area contributed by atoms with Crippen LogP contribution in [-0.2, 0) is 19.0 Å². The highest BCUT2D eigenvalue weighted by Crippen LogP contribution is 2.12. The van der Waals surface area contributed by atoms with Gasteiger partial charge in [-0.25, -0.2) is 4.79 Å². The summed E-state index contributed by atoms with van der Waals surface area (Å²) in [5, 5.41) is 0. The molecule has 0 saturated carbocycles. The van der Waals surface area contributed by atoms with E-state index in [-0.39, 0.29) is 18.4 Å². The van der Waals surface area contributed by atoms with Gasteiger partial charge in [-0.1, -0.05) is 0 Å². The Balaban J connectivity index is 2.31. The predicted octanol–water partition coefficient (Wildman–Crippen LogP) is 1.26. The highest BCUT2D eigenvalue weighted by atomic mass is 16.7. The molecule has 4 heteroatoms. The van der Waals surface area contributed by atoms with Crippen molar-refractivity contribution in [2.24, 2.45) is 0 Å². The molecule has 0 amide bonds. The number of esters is 1. The molecule has 0 spiro atoms. The smallest absolute Gasteiger partial charge is 0.330 e. The van der Waals surface area contributed by atoms with E-state index in [0.717, 1.165) is 6.42 Å². The van der Waals surface area contributed by atoms with E-state index in [1.807, 2.05) is 6.92 Å². The van der Waals surface area contributed by atoms with E-state index in [2.05, 4.69) is 0 Å². The second-order valence-electron chi connectivity index (χ2n) is 3.01. The molecule has 1 fully saturated rings. The molecule has 0 aromatic carbocycles. The van der Waals surface area contributed by atoms with Crippen LogP contribution in [0.3, 0.4) is 0 Å². The van der Waals surface area contributed by atoms with Crippen LogP contribution in [0.2, 0.25) is 0 Å². The molecule has 2 atom stereocenters. The molecule has 0 radical (unpaired) electrons. The van der Waals surface area contributed by atoms with Gasteiger partial charge in [-0.3, -0.25) is 0 Å². The van der Waals surface area contributed by atoms with Crippen LogP contribution in [-0.4, -0.2) is 31.6 Å². The van der Waals surface area contributed by atoms with Gasteiger partial charge in [-0.2, -0.15) is 0 Å².